The zero-order valence-electron chi connectivity index (χ0n) is 19.5. The van der Waals surface area contributed by atoms with Crippen molar-refractivity contribution < 1.29 is 13.2 Å². The molecule has 0 bridgehead atoms. The minimum absolute atomic E-state index is 0.00798. The molecular formula is C26H30N4O3S. The van der Waals surface area contributed by atoms with Gasteiger partial charge in [-0.1, -0.05) is 63.2 Å². The Labute approximate surface area is 200 Å². The lowest BCUT2D eigenvalue weighted by atomic mass is 10.0. The molecule has 3 aromatic carbocycles. The van der Waals surface area contributed by atoms with Crippen LogP contribution in [0.4, 0.5) is 11.4 Å². The van der Waals surface area contributed by atoms with Crippen molar-refractivity contribution in [3.05, 3.63) is 78.4 Å². The Morgan fingerprint density at radius 3 is 2.26 bits per heavy atom. The minimum Gasteiger partial charge on any atom is -0.384 e. The molecule has 178 valence electrons. The van der Waals surface area contributed by atoms with Gasteiger partial charge in [0.2, 0.25) is 5.91 Å². The molecule has 5 N–H and O–H groups in total. The fourth-order valence-corrected chi connectivity index (χ4v) is 4.69. The van der Waals surface area contributed by atoms with Gasteiger partial charge in [-0.05, 0) is 41.8 Å². The average molecular weight is 479 g/mol. The molecule has 0 aromatic heterocycles. The molecule has 1 atom stereocenters. The van der Waals surface area contributed by atoms with Gasteiger partial charge < -0.3 is 16.4 Å². The second-order valence-electron chi connectivity index (χ2n) is 8.33. The van der Waals surface area contributed by atoms with Crippen LogP contribution in [0.1, 0.15) is 26.3 Å². The van der Waals surface area contributed by atoms with Gasteiger partial charge in [0, 0.05) is 22.5 Å². The van der Waals surface area contributed by atoms with Crippen molar-refractivity contribution in [3.8, 4) is 11.1 Å². The first-order valence-corrected chi connectivity index (χ1v) is 12.7. The van der Waals surface area contributed by atoms with Crippen LogP contribution in [-0.4, -0.2) is 32.0 Å². The van der Waals surface area contributed by atoms with Gasteiger partial charge in [-0.15, -0.1) is 0 Å². The molecule has 3 aromatic rings. The molecule has 1 amide bonds. The standard InChI is InChI=1S/C26H30N4O3S/c1-4-34(32,33)23-11-6-5-10-22(23)18-12-14-20(15-13-18)30-26(31)24(17(2)3)29-21-9-7-8-19(16-21)25(27)28/h5-17,24,29H,4H2,1-3H3,(H3,27,28)(H,30,31)/t24-/m0/s1. The van der Waals surface area contributed by atoms with Crippen LogP contribution < -0.4 is 16.4 Å². The van der Waals surface area contributed by atoms with Gasteiger partial charge in [0.25, 0.3) is 0 Å². The first-order chi connectivity index (χ1) is 16.1. The quantitative estimate of drug-likeness (QED) is 0.266. The van der Waals surface area contributed by atoms with Crippen LogP contribution in [0.5, 0.6) is 0 Å². The second-order valence-corrected chi connectivity index (χ2v) is 10.6. The third kappa shape index (κ3) is 5.82. The van der Waals surface area contributed by atoms with Crippen LogP contribution in [0.25, 0.3) is 11.1 Å². The van der Waals surface area contributed by atoms with Crippen molar-refractivity contribution in [2.45, 2.75) is 31.7 Å². The molecule has 0 aliphatic heterocycles. The minimum atomic E-state index is -3.36. The fourth-order valence-electron chi connectivity index (χ4n) is 3.58. The molecule has 0 aliphatic carbocycles. The number of sulfone groups is 1. The van der Waals surface area contributed by atoms with Gasteiger partial charge >= 0.3 is 0 Å². The number of carbonyl (C=O) groups excluding carboxylic acids is 1. The van der Waals surface area contributed by atoms with Crippen molar-refractivity contribution in [2.75, 3.05) is 16.4 Å². The summed E-state index contributed by atoms with van der Waals surface area (Å²) < 4.78 is 24.9. The first-order valence-electron chi connectivity index (χ1n) is 11.1. The third-order valence-corrected chi connectivity index (χ3v) is 7.30. The van der Waals surface area contributed by atoms with E-state index in [1.807, 2.05) is 19.9 Å². The zero-order chi connectivity index (χ0) is 24.9. The Kier molecular flexibility index (Phi) is 7.73. The van der Waals surface area contributed by atoms with E-state index in [1.54, 1.807) is 73.7 Å². The lowest BCUT2D eigenvalue weighted by Crippen LogP contribution is -2.38. The first kappa shape index (κ1) is 25.0. The fraction of sp³-hybridized carbons (Fsp3) is 0.231. The smallest absolute Gasteiger partial charge is 0.247 e. The van der Waals surface area contributed by atoms with Gasteiger partial charge in [-0.2, -0.15) is 0 Å². The Morgan fingerprint density at radius 2 is 1.65 bits per heavy atom. The number of benzene rings is 3. The van der Waals surface area contributed by atoms with Crippen molar-refractivity contribution >= 4 is 33.0 Å². The maximum Gasteiger partial charge on any atom is 0.247 e. The third-order valence-electron chi connectivity index (χ3n) is 5.51. The van der Waals surface area contributed by atoms with E-state index in [2.05, 4.69) is 10.6 Å². The lowest BCUT2D eigenvalue weighted by molar-refractivity contribution is -0.117. The highest BCUT2D eigenvalue weighted by molar-refractivity contribution is 7.91. The predicted molar refractivity (Wildman–Crippen MR) is 138 cm³/mol. The van der Waals surface area contributed by atoms with E-state index in [9.17, 15) is 13.2 Å². The van der Waals surface area contributed by atoms with Crippen molar-refractivity contribution in [1.29, 1.82) is 5.41 Å². The van der Waals surface area contributed by atoms with Gasteiger partial charge in [0.1, 0.15) is 11.9 Å². The number of nitrogen functional groups attached to an aromatic ring is 1. The van der Waals surface area contributed by atoms with E-state index in [0.29, 0.717) is 27.4 Å². The highest BCUT2D eigenvalue weighted by Gasteiger charge is 2.23. The Morgan fingerprint density at radius 1 is 0.971 bits per heavy atom. The van der Waals surface area contributed by atoms with E-state index in [-0.39, 0.29) is 23.4 Å². The number of rotatable bonds is 9. The predicted octanol–water partition coefficient (Wildman–Crippen LogP) is 4.51. The van der Waals surface area contributed by atoms with E-state index in [1.165, 1.54) is 0 Å². The van der Waals surface area contributed by atoms with Gasteiger partial charge in [-0.3, -0.25) is 10.2 Å². The van der Waals surface area contributed by atoms with Crippen molar-refractivity contribution in [1.82, 2.24) is 0 Å². The number of amidine groups is 1. The van der Waals surface area contributed by atoms with E-state index in [0.717, 1.165) is 5.56 Å². The van der Waals surface area contributed by atoms with E-state index in [4.69, 9.17) is 11.1 Å². The maximum absolute atomic E-state index is 13.0. The Balaban J connectivity index is 1.79. The second kappa shape index (κ2) is 10.5. The monoisotopic (exact) mass is 478 g/mol. The number of amides is 1. The summed E-state index contributed by atoms with van der Waals surface area (Å²) in [5.74, 6) is -0.226. The molecule has 0 unspecified atom stereocenters. The van der Waals surface area contributed by atoms with Crippen molar-refractivity contribution in [3.63, 3.8) is 0 Å². The number of carbonyl (C=O) groups is 1. The van der Waals surface area contributed by atoms with Crippen LogP contribution >= 0.6 is 0 Å². The van der Waals surface area contributed by atoms with Crippen LogP contribution in [0, 0.1) is 11.3 Å². The summed E-state index contributed by atoms with van der Waals surface area (Å²) in [6.07, 6.45) is 0. The largest absolute Gasteiger partial charge is 0.384 e. The molecule has 0 aliphatic rings. The van der Waals surface area contributed by atoms with Gasteiger partial charge in [-0.25, -0.2) is 8.42 Å². The summed E-state index contributed by atoms with van der Waals surface area (Å²) >= 11 is 0. The maximum atomic E-state index is 13.0. The van der Waals surface area contributed by atoms with E-state index < -0.39 is 15.9 Å². The van der Waals surface area contributed by atoms with Crippen molar-refractivity contribution in [2.24, 2.45) is 11.7 Å². The molecule has 8 heteroatoms. The SMILES string of the molecule is CCS(=O)(=O)c1ccccc1-c1ccc(NC(=O)[C@@H](Nc2cccc(C(=N)N)c2)C(C)C)cc1. The summed E-state index contributed by atoms with van der Waals surface area (Å²) in [6.45, 7) is 5.51. The topological polar surface area (TPSA) is 125 Å². The number of nitrogens with two attached hydrogens (primary N) is 1. The number of anilines is 2. The van der Waals surface area contributed by atoms with Crippen LogP contribution in [0.3, 0.4) is 0 Å². The van der Waals surface area contributed by atoms with Crippen LogP contribution in [0.15, 0.2) is 77.7 Å². The average Bonchev–Trinajstić information content (AvgIpc) is 2.83. The van der Waals surface area contributed by atoms with E-state index >= 15 is 0 Å². The highest BCUT2D eigenvalue weighted by Crippen LogP contribution is 2.29. The highest BCUT2D eigenvalue weighted by atomic mass is 32.2. The molecule has 34 heavy (non-hydrogen) atoms. The number of nitrogens with one attached hydrogen (secondary N) is 3. The van der Waals surface area contributed by atoms with Crippen LogP contribution in [0.2, 0.25) is 0 Å². The molecule has 0 spiro atoms. The zero-order valence-corrected chi connectivity index (χ0v) is 20.3. The lowest BCUT2D eigenvalue weighted by Gasteiger charge is -2.23. The number of hydrogen-bond donors (Lipinski definition) is 4. The Bertz CT molecular complexity index is 1290. The molecule has 0 radical (unpaired) electrons. The number of hydrogen-bond acceptors (Lipinski definition) is 5. The molecule has 3 rings (SSSR count). The normalized spacial score (nSPS) is 12.2. The molecule has 7 nitrogen and oxygen atoms in total. The summed E-state index contributed by atoms with van der Waals surface area (Å²) in [7, 11) is -3.36. The summed E-state index contributed by atoms with van der Waals surface area (Å²) in [6, 6.07) is 20.6. The summed E-state index contributed by atoms with van der Waals surface area (Å²) in [5.41, 5.74) is 8.85. The molecule has 0 fully saturated rings. The molecule has 0 heterocycles. The molecule has 0 saturated carbocycles. The van der Waals surface area contributed by atoms with Gasteiger partial charge in [0.15, 0.2) is 9.84 Å². The molecule has 0 saturated heterocycles. The summed E-state index contributed by atoms with van der Waals surface area (Å²) in [5, 5.41) is 13.8. The Hall–Kier alpha value is -3.65. The molecular weight excluding hydrogens is 448 g/mol. The van der Waals surface area contributed by atoms with Gasteiger partial charge in [0.05, 0.1) is 10.6 Å². The van der Waals surface area contributed by atoms with Crippen LogP contribution in [-0.2, 0) is 14.6 Å². The summed E-state index contributed by atoms with van der Waals surface area (Å²) in [4.78, 5) is 13.3.